The molecule has 2 N–H and O–H groups in total. The van der Waals surface area contributed by atoms with E-state index < -0.39 is 0 Å². The van der Waals surface area contributed by atoms with Crippen LogP contribution in [0.15, 0.2) is 60.7 Å². The van der Waals surface area contributed by atoms with Crippen molar-refractivity contribution in [1.29, 1.82) is 0 Å². The summed E-state index contributed by atoms with van der Waals surface area (Å²) in [6, 6.07) is 21.0. The lowest BCUT2D eigenvalue weighted by atomic mass is 9.87. The first kappa shape index (κ1) is 21.4. The molecule has 3 aromatic rings. The van der Waals surface area contributed by atoms with Gasteiger partial charge in [0.1, 0.15) is 0 Å². The molecule has 0 spiro atoms. The highest BCUT2D eigenvalue weighted by Crippen LogP contribution is 2.27. The van der Waals surface area contributed by atoms with Crippen molar-refractivity contribution >= 4 is 5.69 Å². The summed E-state index contributed by atoms with van der Waals surface area (Å²) in [5, 5.41) is 0. The molecule has 4 nitrogen and oxygen atoms in total. The Morgan fingerprint density at radius 1 is 0.871 bits per heavy atom. The Balaban J connectivity index is 1.44. The van der Waals surface area contributed by atoms with Gasteiger partial charge in [-0.15, -0.1) is 0 Å². The smallest absolute Gasteiger partial charge is 0.317 e. The highest BCUT2D eigenvalue weighted by atomic mass is 16.5. The molecule has 0 aliphatic heterocycles. The van der Waals surface area contributed by atoms with E-state index in [0.717, 1.165) is 54.2 Å². The van der Waals surface area contributed by atoms with Gasteiger partial charge in [0.15, 0.2) is 0 Å². The fourth-order valence-corrected chi connectivity index (χ4v) is 4.38. The van der Waals surface area contributed by atoms with E-state index in [2.05, 4.69) is 36.4 Å². The van der Waals surface area contributed by atoms with Gasteiger partial charge in [0.2, 0.25) is 0 Å². The van der Waals surface area contributed by atoms with E-state index in [1.54, 1.807) is 0 Å². The van der Waals surface area contributed by atoms with Crippen molar-refractivity contribution in [2.45, 2.75) is 57.8 Å². The van der Waals surface area contributed by atoms with Crippen molar-refractivity contribution in [3.63, 3.8) is 0 Å². The quantitative estimate of drug-likeness (QED) is 0.420. The van der Waals surface area contributed by atoms with E-state index in [1.807, 2.05) is 24.3 Å². The van der Waals surface area contributed by atoms with Gasteiger partial charge in [0, 0.05) is 16.9 Å². The van der Waals surface area contributed by atoms with Crippen molar-refractivity contribution in [2.75, 3.05) is 12.3 Å². The maximum atomic E-state index is 6.05. The van der Waals surface area contributed by atoms with Crippen LogP contribution < -0.4 is 10.5 Å². The summed E-state index contributed by atoms with van der Waals surface area (Å²) >= 11 is 0. The molecule has 0 saturated heterocycles. The van der Waals surface area contributed by atoms with Crippen molar-refractivity contribution in [1.82, 2.24) is 9.97 Å². The lowest BCUT2D eigenvalue weighted by Gasteiger charge is -2.21. The molecule has 1 saturated carbocycles. The van der Waals surface area contributed by atoms with E-state index in [9.17, 15) is 0 Å². The fraction of sp³-hybridized carbons (Fsp3) is 0.407. The van der Waals surface area contributed by atoms with Crippen LogP contribution in [-0.4, -0.2) is 16.6 Å². The van der Waals surface area contributed by atoms with Crippen molar-refractivity contribution in [2.24, 2.45) is 5.92 Å². The lowest BCUT2D eigenvalue weighted by molar-refractivity contribution is 0.233. The third-order valence-corrected chi connectivity index (χ3v) is 6.19. The zero-order chi connectivity index (χ0) is 21.3. The Hall–Kier alpha value is -2.88. The maximum Gasteiger partial charge on any atom is 0.317 e. The van der Waals surface area contributed by atoms with Crippen molar-refractivity contribution < 1.29 is 4.74 Å². The number of hydrogen-bond donors (Lipinski definition) is 1. The molecule has 4 rings (SSSR count). The van der Waals surface area contributed by atoms with E-state index in [-0.39, 0.29) is 0 Å². The number of rotatable bonds is 9. The summed E-state index contributed by atoms with van der Waals surface area (Å²) in [4.78, 5) is 9.44. The zero-order valence-electron chi connectivity index (χ0n) is 18.3. The van der Waals surface area contributed by atoms with Gasteiger partial charge in [-0.2, -0.15) is 4.98 Å². The van der Waals surface area contributed by atoms with Gasteiger partial charge in [0.05, 0.1) is 12.3 Å². The summed E-state index contributed by atoms with van der Waals surface area (Å²) in [5.41, 5.74) is 11.0. The second kappa shape index (κ2) is 10.9. The molecule has 1 aromatic heterocycles. The number of ether oxygens (including phenoxy) is 1. The molecular formula is C27H33N3O. The van der Waals surface area contributed by atoms with Gasteiger partial charge in [-0.3, -0.25) is 0 Å². The first-order valence-electron chi connectivity index (χ1n) is 11.7. The van der Waals surface area contributed by atoms with Crippen LogP contribution in [0.5, 0.6) is 6.01 Å². The maximum absolute atomic E-state index is 6.05. The Kier molecular flexibility index (Phi) is 7.54. The molecule has 0 amide bonds. The summed E-state index contributed by atoms with van der Waals surface area (Å²) in [7, 11) is 0. The second-order valence-electron chi connectivity index (χ2n) is 8.63. The van der Waals surface area contributed by atoms with E-state index in [0.29, 0.717) is 12.6 Å². The Bertz CT molecular complexity index is 934. The Morgan fingerprint density at radius 2 is 1.65 bits per heavy atom. The largest absolute Gasteiger partial charge is 0.463 e. The summed E-state index contributed by atoms with van der Waals surface area (Å²) < 4.78 is 6.05. The molecule has 0 atom stereocenters. The number of nitrogens with two attached hydrogens (primary N) is 1. The van der Waals surface area contributed by atoms with Crippen LogP contribution in [0, 0.1) is 5.92 Å². The highest BCUT2D eigenvalue weighted by molar-refractivity contribution is 5.62. The average molecular weight is 416 g/mol. The number of nitrogen functional groups attached to an aromatic ring is 1. The molecule has 0 unspecified atom stereocenters. The molecule has 162 valence electrons. The van der Waals surface area contributed by atoms with Gasteiger partial charge in [-0.25, -0.2) is 4.98 Å². The van der Waals surface area contributed by atoms with Crippen LogP contribution in [0.4, 0.5) is 5.69 Å². The van der Waals surface area contributed by atoms with Gasteiger partial charge in [0.25, 0.3) is 0 Å². The SMILES string of the molecule is Nc1ccc(-c2cc(CCCc3ccccc3)nc(OCCC3CCCCC3)n2)cc1. The van der Waals surface area contributed by atoms with Gasteiger partial charge in [-0.1, -0.05) is 74.6 Å². The van der Waals surface area contributed by atoms with Gasteiger partial charge >= 0.3 is 6.01 Å². The molecule has 2 aromatic carbocycles. The molecule has 1 aliphatic rings. The van der Waals surface area contributed by atoms with E-state index in [4.69, 9.17) is 20.4 Å². The second-order valence-corrected chi connectivity index (χ2v) is 8.63. The molecule has 4 heteroatoms. The van der Waals surface area contributed by atoms with E-state index >= 15 is 0 Å². The minimum atomic E-state index is 0.500. The Labute approximate surface area is 185 Å². The fourth-order valence-electron chi connectivity index (χ4n) is 4.38. The summed E-state index contributed by atoms with van der Waals surface area (Å²) in [6.45, 7) is 0.694. The molecular weight excluding hydrogens is 382 g/mol. The van der Waals surface area contributed by atoms with Crippen molar-refractivity contribution in [3.8, 4) is 17.3 Å². The molecule has 1 fully saturated rings. The highest BCUT2D eigenvalue weighted by Gasteiger charge is 2.14. The predicted octanol–water partition coefficient (Wildman–Crippen LogP) is 6.25. The predicted molar refractivity (Wildman–Crippen MR) is 127 cm³/mol. The van der Waals surface area contributed by atoms with Gasteiger partial charge in [-0.05, 0) is 55.4 Å². The molecule has 0 radical (unpaired) electrons. The number of aromatic nitrogens is 2. The summed E-state index contributed by atoms with van der Waals surface area (Å²) in [5.74, 6) is 0.791. The molecule has 1 heterocycles. The number of benzene rings is 2. The average Bonchev–Trinajstić information content (AvgIpc) is 2.81. The third kappa shape index (κ3) is 6.55. The monoisotopic (exact) mass is 415 g/mol. The van der Waals surface area contributed by atoms with Crippen LogP contribution >= 0.6 is 0 Å². The first-order valence-corrected chi connectivity index (χ1v) is 11.7. The number of anilines is 1. The number of hydrogen-bond acceptors (Lipinski definition) is 4. The lowest BCUT2D eigenvalue weighted by Crippen LogP contribution is -2.12. The van der Waals surface area contributed by atoms with Gasteiger partial charge < -0.3 is 10.5 Å². The number of nitrogens with zero attached hydrogens (tertiary/aromatic N) is 2. The van der Waals surface area contributed by atoms with Crippen LogP contribution in [0.3, 0.4) is 0 Å². The third-order valence-electron chi connectivity index (χ3n) is 6.19. The molecule has 1 aliphatic carbocycles. The number of aryl methyl sites for hydroxylation is 2. The summed E-state index contributed by atoms with van der Waals surface area (Å²) in [6.07, 6.45) is 10.9. The van der Waals surface area contributed by atoms with Crippen molar-refractivity contribution in [3.05, 3.63) is 71.9 Å². The minimum Gasteiger partial charge on any atom is -0.463 e. The molecule has 31 heavy (non-hydrogen) atoms. The van der Waals surface area contributed by atoms with Crippen LogP contribution in [-0.2, 0) is 12.8 Å². The standard InChI is InChI=1S/C27H33N3O/c28-24-16-14-23(15-17-24)26-20-25(13-7-12-21-8-3-1-4-9-21)29-27(30-26)31-19-18-22-10-5-2-6-11-22/h1,3-4,8-9,14-17,20,22H,2,5-7,10-13,18-19,28H2. The topological polar surface area (TPSA) is 61.0 Å². The first-order chi connectivity index (χ1) is 15.3. The minimum absolute atomic E-state index is 0.500. The zero-order valence-corrected chi connectivity index (χ0v) is 18.3. The molecule has 0 bridgehead atoms. The van der Waals surface area contributed by atoms with Crippen LogP contribution in [0.2, 0.25) is 0 Å². The van der Waals surface area contributed by atoms with Crippen LogP contribution in [0.1, 0.15) is 56.2 Å². The Morgan fingerprint density at radius 3 is 2.42 bits per heavy atom. The van der Waals surface area contributed by atoms with E-state index in [1.165, 1.54) is 37.7 Å². The van der Waals surface area contributed by atoms with Crippen LogP contribution in [0.25, 0.3) is 11.3 Å². The normalized spacial score (nSPS) is 14.5.